The molecule has 0 aliphatic carbocycles. The number of hydrogen-bond donors (Lipinski definition) is 1. The van der Waals surface area contributed by atoms with Crippen molar-refractivity contribution in [2.45, 2.75) is 13.5 Å². The van der Waals surface area contributed by atoms with Crippen LogP contribution in [0.1, 0.15) is 18.1 Å². The van der Waals surface area contributed by atoms with E-state index in [0.717, 1.165) is 4.90 Å². The fourth-order valence-corrected chi connectivity index (χ4v) is 3.34. The van der Waals surface area contributed by atoms with Gasteiger partial charge in [-0.2, -0.15) is 0 Å². The summed E-state index contributed by atoms with van der Waals surface area (Å²) in [5, 5.41) is 2.50. The zero-order valence-corrected chi connectivity index (χ0v) is 18.9. The molecule has 1 fully saturated rings. The molecule has 0 unspecified atom stereocenters. The summed E-state index contributed by atoms with van der Waals surface area (Å²) in [5.41, 5.74) is 0.775. The standard InChI is InChI=1S/C22H20BrFN2O6/c1-3-31-18-9-14(15(23)10-19(18)32-12-20(27)30-2)8-17-21(28)26(22(29)25-17)11-13-6-4-5-7-16(13)24/h4-10H,3,11-12H2,1-2H3,(H,25,29)/b17-8+. The summed E-state index contributed by atoms with van der Waals surface area (Å²) in [7, 11) is 1.25. The molecule has 2 aromatic rings. The number of carbonyl (C=O) groups excluding carboxylic acids is 3. The van der Waals surface area contributed by atoms with Gasteiger partial charge in [-0.3, -0.25) is 9.69 Å². The Kier molecular flexibility index (Phi) is 7.47. The average Bonchev–Trinajstić information content (AvgIpc) is 3.03. The second-order valence-electron chi connectivity index (χ2n) is 6.59. The maximum atomic E-state index is 13.9. The summed E-state index contributed by atoms with van der Waals surface area (Å²) in [4.78, 5) is 37.4. The highest BCUT2D eigenvalue weighted by Gasteiger charge is 2.34. The molecule has 1 saturated heterocycles. The third-order valence-corrected chi connectivity index (χ3v) is 5.17. The van der Waals surface area contributed by atoms with Crippen molar-refractivity contribution in [3.63, 3.8) is 0 Å². The molecule has 0 saturated carbocycles. The highest BCUT2D eigenvalue weighted by Crippen LogP contribution is 2.35. The molecule has 2 aromatic carbocycles. The van der Waals surface area contributed by atoms with Gasteiger partial charge in [-0.15, -0.1) is 0 Å². The number of benzene rings is 2. The van der Waals surface area contributed by atoms with Gasteiger partial charge in [0.25, 0.3) is 5.91 Å². The predicted octanol–water partition coefficient (Wildman–Crippen LogP) is 3.63. The van der Waals surface area contributed by atoms with Crippen molar-refractivity contribution in [3.8, 4) is 11.5 Å². The van der Waals surface area contributed by atoms with E-state index in [1.807, 2.05) is 0 Å². The number of nitrogens with zero attached hydrogens (tertiary/aromatic N) is 1. The van der Waals surface area contributed by atoms with Crippen LogP contribution in [0.4, 0.5) is 9.18 Å². The highest BCUT2D eigenvalue weighted by molar-refractivity contribution is 9.10. The van der Waals surface area contributed by atoms with Gasteiger partial charge in [0.05, 0.1) is 20.3 Å². The Labute approximate surface area is 192 Å². The molecule has 32 heavy (non-hydrogen) atoms. The van der Waals surface area contributed by atoms with Crippen molar-refractivity contribution in [1.82, 2.24) is 10.2 Å². The van der Waals surface area contributed by atoms with Gasteiger partial charge in [0.15, 0.2) is 18.1 Å². The minimum absolute atomic E-state index is 0.0257. The van der Waals surface area contributed by atoms with E-state index in [1.54, 1.807) is 25.1 Å². The lowest BCUT2D eigenvalue weighted by Crippen LogP contribution is -2.30. The predicted molar refractivity (Wildman–Crippen MR) is 116 cm³/mol. The molecule has 168 valence electrons. The maximum absolute atomic E-state index is 13.9. The number of hydrogen-bond acceptors (Lipinski definition) is 6. The summed E-state index contributed by atoms with van der Waals surface area (Å²) < 4.78 is 30.1. The van der Waals surface area contributed by atoms with Crippen molar-refractivity contribution in [3.05, 3.63) is 63.5 Å². The average molecular weight is 507 g/mol. The number of ether oxygens (including phenoxy) is 3. The molecule has 0 bridgehead atoms. The van der Waals surface area contributed by atoms with Gasteiger partial charge in [-0.05, 0) is 36.8 Å². The Morgan fingerprint density at radius 1 is 1.19 bits per heavy atom. The molecule has 8 nitrogen and oxygen atoms in total. The fourth-order valence-electron chi connectivity index (χ4n) is 2.91. The summed E-state index contributed by atoms with van der Waals surface area (Å²) in [6.45, 7) is 1.62. The topological polar surface area (TPSA) is 94.2 Å². The van der Waals surface area contributed by atoms with Crippen LogP contribution in [0.5, 0.6) is 11.5 Å². The van der Waals surface area contributed by atoms with Gasteiger partial charge in [-0.25, -0.2) is 14.0 Å². The SMILES string of the molecule is CCOc1cc(/C=C2/NC(=O)N(Cc3ccccc3F)C2=O)c(Br)cc1OCC(=O)OC. The van der Waals surface area contributed by atoms with Crippen LogP contribution in [0.2, 0.25) is 0 Å². The van der Waals surface area contributed by atoms with E-state index in [2.05, 4.69) is 26.0 Å². The van der Waals surface area contributed by atoms with E-state index in [1.165, 1.54) is 31.4 Å². The normalized spacial score (nSPS) is 14.5. The monoisotopic (exact) mass is 506 g/mol. The first kappa shape index (κ1) is 23.3. The summed E-state index contributed by atoms with van der Waals surface area (Å²) >= 11 is 3.39. The Hall–Kier alpha value is -3.40. The number of methoxy groups -OCH3 is 1. The Bertz CT molecular complexity index is 1090. The Morgan fingerprint density at radius 3 is 2.59 bits per heavy atom. The van der Waals surface area contributed by atoms with E-state index >= 15 is 0 Å². The van der Waals surface area contributed by atoms with Crippen molar-refractivity contribution in [2.75, 3.05) is 20.3 Å². The summed E-state index contributed by atoms with van der Waals surface area (Å²) in [5.74, 6) is -1.00. The first-order valence-electron chi connectivity index (χ1n) is 9.58. The Morgan fingerprint density at radius 2 is 1.91 bits per heavy atom. The van der Waals surface area contributed by atoms with Crippen LogP contribution in [-0.2, 0) is 20.9 Å². The van der Waals surface area contributed by atoms with Crippen LogP contribution >= 0.6 is 15.9 Å². The first-order valence-corrected chi connectivity index (χ1v) is 10.4. The van der Waals surface area contributed by atoms with Crippen molar-refractivity contribution >= 4 is 39.9 Å². The van der Waals surface area contributed by atoms with Crippen LogP contribution in [-0.4, -0.2) is 43.1 Å². The van der Waals surface area contributed by atoms with Crippen LogP contribution in [0, 0.1) is 5.82 Å². The third kappa shape index (κ3) is 5.25. The van der Waals surface area contributed by atoms with Crippen molar-refractivity contribution in [1.29, 1.82) is 0 Å². The maximum Gasteiger partial charge on any atom is 0.343 e. The van der Waals surface area contributed by atoms with Crippen LogP contribution in [0.15, 0.2) is 46.6 Å². The first-order chi connectivity index (χ1) is 15.3. The number of esters is 1. The molecule has 10 heteroatoms. The number of urea groups is 1. The smallest absolute Gasteiger partial charge is 0.343 e. The molecule has 0 radical (unpaired) electrons. The molecule has 3 rings (SSSR count). The molecule has 3 amide bonds. The van der Waals surface area contributed by atoms with E-state index in [0.29, 0.717) is 28.1 Å². The number of halogens is 2. The van der Waals surface area contributed by atoms with Crippen molar-refractivity contribution in [2.24, 2.45) is 0 Å². The van der Waals surface area contributed by atoms with E-state index in [4.69, 9.17) is 9.47 Å². The minimum atomic E-state index is -0.649. The van der Waals surface area contributed by atoms with Crippen LogP contribution in [0.25, 0.3) is 6.08 Å². The van der Waals surface area contributed by atoms with E-state index in [9.17, 15) is 18.8 Å². The van der Waals surface area contributed by atoms with Gasteiger partial charge in [0.1, 0.15) is 11.5 Å². The van der Waals surface area contributed by atoms with Gasteiger partial charge in [0, 0.05) is 10.0 Å². The molecule has 1 heterocycles. The second kappa shape index (κ2) is 10.3. The van der Waals surface area contributed by atoms with Gasteiger partial charge in [-0.1, -0.05) is 34.1 Å². The highest BCUT2D eigenvalue weighted by atomic mass is 79.9. The molecule has 1 N–H and O–H groups in total. The van der Waals surface area contributed by atoms with E-state index in [-0.39, 0.29) is 24.4 Å². The lowest BCUT2D eigenvalue weighted by molar-refractivity contribution is -0.143. The second-order valence-corrected chi connectivity index (χ2v) is 7.44. The third-order valence-electron chi connectivity index (χ3n) is 4.48. The molecular formula is C22H20BrFN2O6. The van der Waals surface area contributed by atoms with Crippen LogP contribution < -0.4 is 14.8 Å². The quantitative estimate of drug-likeness (QED) is 0.333. The number of imide groups is 1. The largest absolute Gasteiger partial charge is 0.490 e. The molecule has 0 spiro atoms. The minimum Gasteiger partial charge on any atom is -0.490 e. The fraction of sp³-hybridized carbons (Fsp3) is 0.227. The van der Waals surface area contributed by atoms with Crippen LogP contribution in [0.3, 0.4) is 0 Å². The zero-order chi connectivity index (χ0) is 23.3. The molecular weight excluding hydrogens is 487 g/mol. The lowest BCUT2D eigenvalue weighted by Gasteiger charge is -2.14. The van der Waals surface area contributed by atoms with Gasteiger partial charge >= 0.3 is 12.0 Å². The molecule has 0 atom stereocenters. The number of amides is 3. The number of rotatable bonds is 8. The van der Waals surface area contributed by atoms with Crippen molar-refractivity contribution < 1.29 is 33.0 Å². The summed E-state index contributed by atoms with van der Waals surface area (Å²) in [6, 6.07) is 8.47. The summed E-state index contributed by atoms with van der Waals surface area (Å²) in [6.07, 6.45) is 1.47. The molecule has 1 aliphatic heterocycles. The Balaban J connectivity index is 1.86. The van der Waals surface area contributed by atoms with Gasteiger partial charge in [0.2, 0.25) is 0 Å². The lowest BCUT2D eigenvalue weighted by atomic mass is 10.1. The number of nitrogens with one attached hydrogen (secondary N) is 1. The van der Waals surface area contributed by atoms with E-state index < -0.39 is 23.7 Å². The zero-order valence-electron chi connectivity index (χ0n) is 17.3. The number of carbonyl (C=O) groups is 3. The molecule has 1 aliphatic rings. The van der Waals surface area contributed by atoms with Gasteiger partial charge < -0.3 is 19.5 Å². The molecule has 0 aromatic heterocycles.